The Morgan fingerprint density at radius 1 is 0.773 bits per heavy atom. The van der Waals surface area contributed by atoms with Crippen LogP contribution in [0.1, 0.15) is 5.56 Å². The van der Waals surface area contributed by atoms with E-state index in [1.54, 1.807) is 21.3 Å². The van der Waals surface area contributed by atoms with Crippen LogP contribution < -0.4 is 5.19 Å². The van der Waals surface area contributed by atoms with E-state index >= 15 is 0 Å². The van der Waals surface area contributed by atoms with Crippen molar-refractivity contribution in [2.75, 3.05) is 21.3 Å². The third-order valence-electron chi connectivity index (χ3n) is 3.09. The molecular formula is C16H24O4Si2. The van der Waals surface area contributed by atoms with Crippen LogP contribution in [-0.4, -0.2) is 40.6 Å². The van der Waals surface area contributed by atoms with Gasteiger partial charge in [0, 0.05) is 26.5 Å². The van der Waals surface area contributed by atoms with E-state index in [-0.39, 0.29) is 0 Å². The molecule has 0 heterocycles. The normalized spacial score (nSPS) is 10.9. The maximum Gasteiger partial charge on any atom is 0.536 e. The van der Waals surface area contributed by atoms with Crippen LogP contribution in [0.4, 0.5) is 0 Å². The van der Waals surface area contributed by atoms with Crippen molar-refractivity contribution in [1.82, 2.24) is 0 Å². The zero-order valence-corrected chi connectivity index (χ0v) is 16.6. The van der Waals surface area contributed by atoms with E-state index in [1.165, 1.54) is 5.56 Å². The van der Waals surface area contributed by atoms with Gasteiger partial charge in [0.25, 0.3) is 0 Å². The Morgan fingerprint density at radius 2 is 1.23 bits per heavy atom. The highest BCUT2D eigenvalue weighted by molar-refractivity contribution is 6.75. The summed E-state index contributed by atoms with van der Waals surface area (Å²) in [7, 11) is 3.04. The summed E-state index contributed by atoms with van der Waals surface area (Å²) < 4.78 is 21.0. The molecular weight excluding hydrogens is 312 g/mol. The Bertz CT molecular complexity index is 496. The second kappa shape index (κ2) is 10.4. The Kier molecular flexibility index (Phi) is 8.90. The Hall–Kier alpha value is -1.29. The van der Waals surface area contributed by atoms with Crippen LogP contribution in [0.2, 0.25) is 0 Å². The van der Waals surface area contributed by atoms with Gasteiger partial charge in [-0.25, -0.2) is 0 Å². The summed E-state index contributed by atoms with van der Waals surface area (Å²) in [5, 5.41) is 0.975. The molecule has 4 nitrogen and oxygen atoms in total. The molecule has 6 heteroatoms. The summed E-state index contributed by atoms with van der Waals surface area (Å²) in [5.41, 5.74) is 1.26. The molecule has 0 spiro atoms. The van der Waals surface area contributed by atoms with Crippen molar-refractivity contribution in [1.29, 1.82) is 0 Å². The van der Waals surface area contributed by atoms with Crippen molar-refractivity contribution in [2.45, 2.75) is 6.61 Å². The van der Waals surface area contributed by atoms with Gasteiger partial charge in [-0.15, -0.1) is 0 Å². The van der Waals surface area contributed by atoms with Crippen molar-refractivity contribution >= 4 is 24.5 Å². The van der Waals surface area contributed by atoms with Crippen LogP contribution in [0.5, 0.6) is 0 Å². The lowest BCUT2D eigenvalue weighted by Gasteiger charge is -2.24. The van der Waals surface area contributed by atoms with Crippen LogP contribution in [0.15, 0.2) is 60.7 Å². The molecule has 0 aliphatic rings. The van der Waals surface area contributed by atoms with E-state index in [0.29, 0.717) is 0 Å². The Balaban J connectivity index is 0.000000235. The Morgan fingerprint density at radius 3 is 1.64 bits per heavy atom. The number of hydrogen-bond acceptors (Lipinski definition) is 4. The van der Waals surface area contributed by atoms with Crippen molar-refractivity contribution in [2.24, 2.45) is 0 Å². The number of hydrogen-bond donors (Lipinski definition) is 0. The molecule has 0 atom stereocenters. The summed E-state index contributed by atoms with van der Waals surface area (Å²) in [5.74, 6) is 0. The Labute approximate surface area is 136 Å². The van der Waals surface area contributed by atoms with Gasteiger partial charge < -0.3 is 17.7 Å². The summed E-state index contributed by atoms with van der Waals surface area (Å²) in [4.78, 5) is 0. The first-order chi connectivity index (χ1) is 10.7. The maximum absolute atomic E-state index is 5.32. The molecule has 0 amide bonds. The molecule has 0 aromatic heterocycles. The van der Waals surface area contributed by atoms with Crippen LogP contribution in [0.25, 0.3) is 0 Å². The minimum atomic E-state index is -2.59. The molecule has 120 valence electrons. The molecule has 0 aliphatic heterocycles. The minimum Gasteiger partial charge on any atom is -0.424 e. The first kappa shape index (κ1) is 18.8. The third kappa shape index (κ3) is 5.49. The van der Waals surface area contributed by atoms with E-state index in [0.717, 1.165) is 22.3 Å². The maximum atomic E-state index is 5.32. The monoisotopic (exact) mass is 336 g/mol. The molecule has 0 fully saturated rings. The topological polar surface area (TPSA) is 36.9 Å². The molecule has 22 heavy (non-hydrogen) atoms. The van der Waals surface area contributed by atoms with Gasteiger partial charge in [-0.1, -0.05) is 60.7 Å². The smallest absolute Gasteiger partial charge is 0.424 e. The molecule has 0 saturated carbocycles. The van der Waals surface area contributed by atoms with Crippen LogP contribution in [-0.2, 0) is 24.3 Å². The summed E-state index contributed by atoms with van der Waals surface area (Å²) in [6, 6.07) is 19.9. The van der Waals surface area contributed by atoms with Crippen molar-refractivity contribution in [3.63, 3.8) is 0 Å². The lowest BCUT2D eigenvalue weighted by molar-refractivity contribution is 0.140. The number of rotatable bonds is 6. The van der Waals surface area contributed by atoms with E-state index in [1.807, 2.05) is 48.5 Å². The van der Waals surface area contributed by atoms with Crippen LogP contribution in [0, 0.1) is 0 Å². The summed E-state index contributed by atoms with van der Waals surface area (Å²) in [6.07, 6.45) is 0. The zero-order chi connectivity index (χ0) is 16.3. The molecule has 2 rings (SSSR count). The van der Waals surface area contributed by atoms with Gasteiger partial charge in [-0.3, -0.25) is 0 Å². The molecule has 2 aromatic carbocycles. The average molecular weight is 337 g/mol. The van der Waals surface area contributed by atoms with Gasteiger partial charge in [0.15, 0.2) is 0 Å². The van der Waals surface area contributed by atoms with Crippen molar-refractivity contribution in [3.05, 3.63) is 66.2 Å². The highest BCUT2D eigenvalue weighted by Crippen LogP contribution is 2.05. The SMILES string of the molecule is CO[Si](OC)(OC)c1ccccc1.[SiH3]OCc1ccccc1. The second-order valence-corrected chi connectivity index (χ2v) is 7.95. The van der Waals surface area contributed by atoms with E-state index in [2.05, 4.69) is 12.1 Å². The van der Waals surface area contributed by atoms with Crippen molar-refractivity contribution in [3.8, 4) is 0 Å². The molecule has 0 bridgehead atoms. The lowest BCUT2D eigenvalue weighted by Crippen LogP contribution is -2.54. The first-order valence-electron chi connectivity index (χ1n) is 6.96. The lowest BCUT2D eigenvalue weighted by atomic mass is 10.2. The number of benzene rings is 2. The molecule has 0 saturated heterocycles. The largest absolute Gasteiger partial charge is 0.536 e. The van der Waals surface area contributed by atoms with Gasteiger partial charge >= 0.3 is 8.80 Å². The predicted octanol–water partition coefficient (Wildman–Crippen LogP) is 1.26. The summed E-state index contributed by atoms with van der Waals surface area (Å²) >= 11 is 0. The molecule has 0 radical (unpaired) electrons. The predicted molar refractivity (Wildman–Crippen MR) is 94.0 cm³/mol. The highest BCUT2D eigenvalue weighted by Gasteiger charge is 2.40. The fraction of sp³-hybridized carbons (Fsp3) is 0.250. The second-order valence-electron chi connectivity index (χ2n) is 4.45. The van der Waals surface area contributed by atoms with Crippen molar-refractivity contribution < 1.29 is 17.7 Å². The third-order valence-corrected chi connectivity index (χ3v) is 6.03. The molecule has 0 aliphatic carbocycles. The zero-order valence-electron chi connectivity index (χ0n) is 13.6. The quantitative estimate of drug-likeness (QED) is 0.744. The minimum absolute atomic E-state index is 0.771. The van der Waals surface area contributed by atoms with Crippen LogP contribution >= 0.6 is 0 Å². The van der Waals surface area contributed by atoms with Gasteiger partial charge in [-0.2, -0.15) is 0 Å². The highest BCUT2D eigenvalue weighted by atomic mass is 28.4. The van der Waals surface area contributed by atoms with E-state index in [4.69, 9.17) is 17.7 Å². The van der Waals surface area contributed by atoms with E-state index in [9.17, 15) is 0 Å². The molecule has 2 aromatic rings. The van der Waals surface area contributed by atoms with Crippen LogP contribution in [0.3, 0.4) is 0 Å². The average Bonchev–Trinajstić information content (AvgIpc) is 2.60. The van der Waals surface area contributed by atoms with Gasteiger partial charge in [0.05, 0.1) is 6.61 Å². The molecule has 0 N–H and O–H groups in total. The van der Waals surface area contributed by atoms with Gasteiger partial charge in [-0.05, 0) is 5.56 Å². The summed E-state index contributed by atoms with van der Waals surface area (Å²) in [6.45, 7) is 0.771. The van der Waals surface area contributed by atoms with Gasteiger partial charge in [0.2, 0.25) is 0 Å². The van der Waals surface area contributed by atoms with Gasteiger partial charge in [0.1, 0.15) is 10.5 Å². The fourth-order valence-electron chi connectivity index (χ4n) is 1.99. The molecule has 0 unspecified atom stereocenters. The first-order valence-corrected chi connectivity index (χ1v) is 9.50. The fourth-order valence-corrected chi connectivity index (χ4v) is 4.13. The standard InChI is InChI=1S/C9H14O3Si.C7H10OSi/c1-10-13(11-2,12-3)9-7-5-4-6-8-9;9-8-6-7-4-2-1-3-5-7/h4-8H,1-3H3;1-5H,6H2,9H3. The van der Waals surface area contributed by atoms with E-state index < -0.39 is 8.80 Å².